The molecule has 3 rings (SSSR count). The summed E-state index contributed by atoms with van der Waals surface area (Å²) in [6.45, 7) is 13.2. The maximum Gasteiger partial charge on any atom is 0.197 e. The molecule has 0 aliphatic rings. The molecular formula is C27H26O9. The van der Waals surface area contributed by atoms with Crippen molar-refractivity contribution in [3.8, 4) is 5.75 Å². The van der Waals surface area contributed by atoms with Crippen molar-refractivity contribution in [3.63, 3.8) is 0 Å². The average molecular weight is 494 g/mol. The van der Waals surface area contributed by atoms with E-state index in [4.69, 9.17) is 18.3 Å². The Balaban J connectivity index is 1.77. The summed E-state index contributed by atoms with van der Waals surface area (Å²) in [5, 5.41) is 29.6. The monoisotopic (exact) mass is 494 g/mol. The molecule has 9 nitrogen and oxygen atoms in total. The molecule has 1 unspecified atom stereocenters. The van der Waals surface area contributed by atoms with Crippen molar-refractivity contribution in [1.29, 1.82) is 0 Å². The molecule has 3 N–H and O–H groups in total. The van der Waals surface area contributed by atoms with Crippen LogP contribution in [0.15, 0.2) is 80.1 Å². The normalized spacial score (nSPS) is 12.2. The summed E-state index contributed by atoms with van der Waals surface area (Å²) in [6, 6.07) is 6.85. The number of aryl methyl sites for hydroxylation is 1. The molecule has 0 fully saturated rings. The van der Waals surface area contributed by atoms with Crippen LogP contribution in [0, 0.1) is 6.92 Å². The molecule has 0 saturated carbocycles. The van der Waals surface area contributed by atoms with E-state index >= 15 is 0 Å². The number of fused-ring (bicyclic) bond motifs is 1. The second-order valence-electron chi connectivity index (χ2n) is 8.03. The Morgan fingerprint density at radius 1 is 1.03 bits per heavy atom. The molecule has 9 heteroatoms. The van der Waals surface area contributed by atoms with Crippen molar-refractivity contribution in [2.75, 3.05) is 13.2 Å². The van der Waals surface area contributed by atoms with E-state index in [1.807, 2.05) is 0 Å². The van der Waals surface area contributed by atoms with Crippen LogP contribution in [0.5, 0.6) is 5.75 Å². The standard InChI is InChI=1S/C27H26O9/c1-14(2)9-25(26-17(5)35-23(15(3)28)10-19(26)31)34-13-18(30)12-33-21-7-6-8-22-27(21)20(32)11-24(36-22)16(4)29/h6-11,18,28-30H,1,3-4,12-13H2,2,5H3/b25-9+. The van der Waals surface area contributed by atoms with Crippen LogP contribution in [0.4, 0.5) is 0 Å². The van der Waals surface area contributed by atoms with Gasteiger partial charge in [0.1, 0.15) is 53.1 Å². The first-order valence-corrected chi connectivity index (χ1v) is 10.8. The maximum atomic E-state index is 12.7. The first-order chi connectivity index (χ1) is 17.0. The van der Waals surface area contributed by atoms with Gasteiger partial charge in [0.25, 0.3) is 0 Å². The molecule has 188 valence electrons. The Labute approximate surface area is 206 Å². The number of aliphatic hydroxyl groups excluding tert-OH is 3. The van der Waals surface area contributed by atoms with E-state index in [1.54, 1.807) is 13.0 Å². The van der Waals surface area contributed by atoms with Crippen LogP contribution in [0.25, 0.3) is 28.2 Å². The van der Waals surface area contributed by atoms with Crippen molar-refractivity contribution in [2.24, 2.45) is 0 Å². The van der Waals surface area contributed by atoms with Crippen LogP contribution < -0.4 is 15.6 Å². The van der Waals surface area contributed by atoms with Gasteiger partial charge in [-0.15, -0.1) is 0 Å². The Morgan fingerprint density at radius 3 is 2.28 bits per heavy atom. The maximum absolute atomic E-state index is 12.7. The lowest BCUT2D eigenvalue weighted by Gasteiger charge is -2.17. The summed E-state index contributed by atoms with van der Waals surface area (Å²) in [4.78, 5) is 25.2. The van der Waals surface area contributed by atoms with Crippen molar-refractivity contribution in [3.05, 3.63) is 105 Å². The molecule has 0 aliphatic carbocycles. The van der Waals surface area contributed by atoms with Gasteiger partial charge >= 0.3 is 0 Å². The topological polar surface area (TPSA) is 140 Å². The molecule has 2 aromatic heterocycles. The zero-order chi connectivity index (χ0) is 26.6. The number of hydrogen-bond donors (Lipinski definition) is 3. The predicted octanol–water partition coefficient (Wildman–Crippen LogP) is 4.49. The first kappa shape index (κ1) is 26.1. The highest BCUT2D eigenvalue weighted by Crippen LogP contribution is 2.25. The van der Waals surface area contributed by atoms with Crippen molar-refractivity contribution >= 4 is 28.2 Å². The zero-order valence-corrected chi connectivity index (χ0v) is 19.9. The Morgan fingerprint density at radius 2 is 1.67 bits per heavy atom. The molecule has 3 aromatic rings. The van der Waals surface area contributed by atoms with E-state index in [0.29, 0.717) is 5.57 Å². The molecule has 36 heavy (non-hydrogen) atoms. The molecule has 0 aliphatic heterocycles. The summed E-state index contributed by atoms with van der Waals surface area (Å²) >= 11 is 0. The summed E-state index contributed by atoms with van der Waals surface area (Å²) in [5.41, 5.74) is -0.0687. The molecule has 1 atom stereocenters. The van der Waals surface area contributed by atoms with Gasteiger partial charge < -0.3 is 33.6 Å². The average Bonchev–Trinajstić information content (AvgIpc) is 2.79. The Kier molecular flexibility index (Phi) is 7.86. The number of benzene rings is 1. The van der Waals surface area contributed by atoms with Gasteiger partial charge in [0.2, 0.25) is 0 Å². The fraction of sp³-hybridized carbons (Fsp3) is 0.185. The quantitative estimate of drug-likeness (QED) is 0.275. The minimum Gasteiger partial charge on any atom is -0.505 e. The number of ether oxygens (including phenoxy) is 2. The molecule has 1 aromatic carbocycles. The van der Waals surface area contributed by atoms with E-state index in [0.717, 1.165) is 12.1 Å². The van der Waals surface area contributed by atoms with Gasteiger partial charge in [0, 0.05) is 12.1 Å². The second kappa shape index (κ2) is 10.8. The lowest BCUT2D eigenvalue weighted by Crippen LogP contribution is -2.24. The summed E-state index contributed by atoms with van der Waals surface area (Å²) in [7, 11) is 0. The molecule has 2 heterocycles. The van der Waals surface area contributed by atoms with Gasteiger partial charge in [-0.3, -0.25) is 9.59 Å². The van der Waals surface area contributed by atoms with Gasteiger partial charge in [0.05, 0.1) is 0 Å². The molecule has 0 amide bonds. The fourth-order valence-electron chi connectivity index (χ4n) is 3.32. The third-order valence-electron chi connectivity index (χ3n) is 4.90. The van der Waals surface area contributed by atoms with Gasteiger partial charge in [-0.2, -0.15) is 0 Å². The van der Waals surface area contributed by atoms with Crippen LogP contribution >= 0.6 is 0 Å². The number of allylic oxidation sites excluding steroid dienone is 2. The third-order valence-corrected chi connectivity index (χ3v) is 4.90. The second-order valence-corrected chi connectivity index (χ2v) is 8.03. The van der Waals surface area contributed by atoms with Crippen LogP contribution in [0.2, 0.25) is 0 Å². The van der Waals surface area contributed by atoms with E-state index in [2.05, 4.69) is 19.7 Å². The Hall–Kier alpha value is -4.50. The minimum absolute atomic E-state index is 0.0639. The highest BCUT2D eigenvalue weighted by molar-refractivity contribution is 5.84. The SMILES string of the molecule is C=C(C)/C=C(/OCC(O)COc1cccc2oc(C(=C)O)cc(=O)c12)c1c(C)oc(C(=C)O)cc1=O. The summed E-state index contributed by atoms with van der Waals surface area (Å²) in [6.07, 6.45) is 0.365. The first-order valence-electron chi connectivity index (χ1n) is 10.8. The Bertz CT molecular complexity index is 1490. The van der Waals surface area contributed by atoms with Gasteiger partial charge in [-0.05, 0) is 32.1 Å². The van der Waals surface area contributed by atoms with Crippen molar-refractivity contribution in [2.45, 2.75) is 20.0 Å². The smallest absolute Gasteiger partial charge is 0.197 e. The van der Waals surface area contributed by atoms with Gasteiger partial charge in [-0.25, -0.2) is 0 Å². The third kappa shape index (κ3) is 5.94. The number of hydrogen-bond acceptors (Lipinski definition) is 9. The van der Waals surface area contributed by atoms with E-state index in [9.17, 15) is 24.9 Å². The van der Waals surface area contributed by atoms with Crippen LogP contribution in [-0.2, 0) is 4.74 Å². The van der Waals surface area contributed by atoms with Crippen LogP contribution in [0.3, 0.4) is 0 Å². The highest BCUT2D eigenvalue weighted by Gasteiger charge is 2.19. The van der Waals surface area contributed by atoms with Crippen molar-refractivity contribution in [1.82, 2.24) is 0 Å². The van der Waals surface area contributed by atoms with Crippen molar-refractivity contribution < 1.29 is 33.6 Å². The zero-order valence-electron chi connectivity index (χ0n) is 19.9. The summed E-state index contributed by atoms with van der Waals surface area (Å²) < 4.78 is 22.3. The molecule has 0 bridgehead atoms. The number of rotatable bonds is 10. The highest BCUT2D eigenvalue weighted by atomic mass is 16.5. The predicted molar refractivity (Wildman–Crippen MR) is 136 cm³/mol. The molecule has 0 radical (unpaired) electrons. The van der Waals surface area contributed by atoms with Gasteiger partial charge in [-0.1, -0.05) is 31.4 Å². The van der Waals surface area contributed by atoms with E-state index in [1.165, 1.54) is 25.1 Å². The van der Waals surface area contributed by atoms with Gasteiger partial charge in [0.15, 0.2) is 33.9 Å². The molecular weight excluding hydrogens is 468 g/mol. The largest absolute Gasteiger partial charge is 0.505 e. The number of aliphatic hydroxyl groups is 3. The fourth-order valence-corrected chi connectivity index (χ4v) is 3.32. The lowest BCUT2D eigenvalue weighted by molar-refractivity contribution is 0.0532. The lowest BCUT2D eigenvalue weighted by atomic mass is 10.1. The molecule has 0 spiro atoms. The summed E-state index contributed by atoms with van der Waals surface area (Å²) in [5.74, 6) is -0.439. The molecule has 0 saturated heterocycles. The van der Waals surface area contributed by atoms with E-state index < -0.39 is 17.0 Å². The van der Waals surface area contributed by atoms with E-state index in [-0.39, 0.29) is 70.1 Å². The minimum atomic E-state index is -1.15. The van der Waals surface area contributed by atoms with Crippen LogP contribution in [-0.4, -0.2) is 34.6 Å². The van der Waals surface area contributed by atoms with Crippen LogP contribution in [0.1, 0.15) is 29.8 Å².